The molecular weight excluding hydrogens is 735 g/mol. The lowest BCUT2D eigenvalue weighted by Gasteiger charge is -2.31. The zero-order chi connectivity index (χ0) is 38.4. The van der Waals surface area contributed by atoms with Crippen LogP contribution in [0.3, 0.4) is 0 Å². The van der Waals surface area contributed by atoms with Gasteiger partial charge < -0.3 is 25.2 Å². The van der Waals surface area contributed by atoms with Crippen LogP contribution < -0.4 is 25.8 Å². The monoisotopic (exact) mass is 783 g/mol. The lowest BCUT2D eigenvalue weighted by Crippen LogP contribution is -2.59. The number of sulfonamides is 1. The molecule has 5 aliphatic rings. The normalized spacial score (nSPS) is 26.1. The first kappa shape index (κ1) is 38.0. The zero-order valence-electron chi connectivity index (χ0n) is 30.7. The van der Waals surface area contributed by atoms with E-state index in [9.17, 15) is 32.4 Å². The molecule has 3 N–H and O–H groups in total. The van der Waals surface area contributed by atoms with Gasteiger partial charge in [-0.2, -0.15) is 16.4 Å². The molecule has 0 spiro atoms. The van der Waals surface area contributed by atoms with Crippen molar-refractivity contribution in [3.8, 4) is 11.1 Å². The SMILES string of the molecule is C=C[C@@H]1C[C@]1(NC(=O)[C@@H]1C[C@@H](n2ncc(N3CCCC3)c(-c3ccsc3)c2=O)CN1C(=O)[C@@H](NC(=O)OC1CCCC1)C(C)C)C(=O)NS(=O)(=O)C1CC1. The van der Waals surface area contributed by atoms with Gasteiger partial charge in [-0.25, -0.2) is 17.9 Å². The number of ether oxygens (including phenoxy) is 1. The van der Waals surface area contributed by atoms with Gasteiger partial charge in [0.2, 0.25) is 21.8 Å². The molecule has 3 aliphatic carbocycles. The van der Waals surface area contributed by atoms with Crippen molar-refractivity contribution >= 4 is 50.9 Å². The second-order valence-electron chi connectivity index (χ2n) is 15.6. The molecular formula is C37H49N7O8S2. The van der Waals surface area contributed by atoms with Gasteiger partial charge >= 0.3 is 6.09 Å². The number of anilines is 1. The number of carbonyl (C=O) groups is 4. The molecule has 4 heterocycles. The first-order valence-corrected chi connectivity index (χ1v) is 21.5. The highest BCUT2D eigenvalue weighted by atomic mass is 32.2. The number of nitrogens with one attached hydrogen (secondary N) is 3. The van der Waals surface area contributed by atoms with Crippen molar-refractivity contribution in [1.29, 1.82) is 0 Å². The Balaban J connectivity index is 1.20. The van der Waals surface area contributed by atoms with Gasteiger partial charge in [0.15, 0.2) is 0 Å². The molecule has 0 aromatic carbocycles. The minimum absolute atomic E-state index is 0.0230. The van der Waals surface area contributed by atoms with Crippen molar-refractivity contribution < 1.29 is 32.3 Å². The third-order valence-electron chi connectivity index (χ3n) is 11.5. The maximum atomic E-state index is 14.5. The predicted molar refractivity (Wildman–Crippen MR) is 202 cm³/mol. The fraction of sp³-hybridized carbons (Fsp3) is 0.622. The summed E-state index contributed by atoms with van der Waals surface area (Å²) in [5.41, 5.74) is 0.0500. The number of amides is 4. The number of thiophene rings is 1. The third-order valence-corrected chi connectivity index (χ3v) is 14.0. The van der Waals surface area contributed by atoms with Crippen molar-refractivity contribution in [2.45, 2.75) is 113 Å². The highest BCUT2D eigenvalue weighted by molar-refractivity contribution is 7.91. The summed E-state index contributed by atoms with van der Waals surface area (Å²) in [4.78, 5) is 73.4. The van der Waals surface area contributed by atoms with E-state index < -0.39 is 74.6 Å². The van der Waals surface area contributed by atoms with E-state index in [4.69, 9.17) is 4.74 Å². The van der Waals surface area contributed by atoms with Crippen molar-refractivity contribution in [3.05, 3.63) is 46.0 Å². The zero-order valence-corrected chi connectivity index (χ0v) is 32.3. The highest BCUT2D eigenvalue weighted by Gasteiger charge is 2.62. The molecule has 2 aliphatic heterocycles. The third kappa shape index (κ3) is 7.53. The molecule has 54 heavy (non-hydrogen) atoms. The van der Waals surface area contributed by atoms with Gasteiger partial charge in [0, 0.05) is 37.5 Å². The molecule has 17 heteroatoms. The Morgan fingerprint density at radius 1 is 1.09 bits per heavy atom. The summed E-state index contributed by atoms with van der Waals surface area (Å²) in [6, 6.07) is -1.12. The van der Waals surface area contributed by atoms with Crippen LogP contribution in [0.1, 0.15) is 84.1 Å². The van der Waals surface area contributed by atoms with Crippen molar-refractivity contribution in [2.75, 3.05) is 24.5 Å². The Bertz CT molecular complexity index is 1950. The first-order chi connectivity index (χ1) is 25.8. The van der Waals surface area contributed by atoms with E-state index in [-0.39, 0.29) is 31.0 Å². The molecule has 0 radical (unpaired) electrons. The van der Waals surface area contributed by atoms with Crippen molar-refractivity contribution in [1.82, 2.24) is 30.0 Å². The van der Waals surface area contributed by atoms with Crippen LogP contribution in [0, 0.1) is 11.8 Å². The number of likely N-dealkylation sites (tertiary alicyclic amines) is 1. The Labute approximate surface area is 318 Å². The van der Waals surface area contributed by atoms with Crippen LogP contribution in [0.4, 0.5) is 10.5 Å². The molecule has 5 atom stereocenters. The number of carbonyl (C=O) groups excluding carboxylic acids is 4. The molecule has 0 unspecified atom stereocenters. The quantitative estimate of drug-likeness (QED) is 0.255. The Morgan fingerprint density at radius 3 is 2.43 bits per heavy atom. The van der Waals surface area contributed by atoms with Gasteiger partial charge in [-0.1, -0.05) is 19.9 Å². The maximum Gasteiger partial charge on any atom is 0.408 e. The number of alkyl carbamates (subject to hydrolysis) is 1. The van der Waals surface area contributed by atoms with Gasteiger partial charge in [-0.15, -0.1) is 6.58 Å². The fourth-order valence-electron chi connectivity index (χ4n) is 8.11. The van der Waals surface area contributed by atoms with E-state index in [2.05, 4.69) is 31.9 Å². The largest absolute Gasteiger partial charge is 0.446 e. The van der Waals surface area contributed by atoms with Crippen LogP contribution in [-0.2, 0) is 29.1 Å². The molecule has 3 saturated carbocycles. The Hall–Kier alpha value is -4.25. The number of nitrogens with zero attached hydrogens (tertiary/aromatic N) is 4. The maximum absolute atomic E-state index is 14.5. The summed E-state index contributed by atoms with van der Waals surface area (Å²) in [6.45, 7) is 8.84. The van der Waals surface area contributed by atoms with Gasteiger partial charge in [0.25, 0.3) is 11.5 Å². The lowest BCUT2D eigenvalue weighted by atomic mass is 10.0. The number of hydrogen-bond acceptors (Lipinski definition) is 11. The Kier molecular flexibility index (Phi) is 10.6. The smallest absolute Gasteiger partial charge is 0.408 e. The standard InChI is InChI=1S/C37H49N7O8S2/c1-4-24-18-37(24,35(48)41-54(50,51)27-11-12-27)40-32(45)28-17-25(20-43(28)34(47)31(22(2)3)39-36(49)52-26-9-5-6-10-26)44-33(46)30(23-13-16-53-21-23)29(19-38-44)42-14-7-8-15-42/h4,13,16,19,21-22,24-28,31H,1,5-12,14-15,17-18,20H2,2-3H3,(H,39,49)(H,40,45)(H,41,48)/t24-,25-,28+,31+,37-/m1/s1. The van der Waals surface area contributed by atoms with Crippen LogP contribution in [0.5, 0.6) is 0 Å². The number of rotatable bonds is 13. The van der Waals surface area contributed by atoms with Crippen molar-refractivity contribution in [3.63, 3.8) is 0 Å². The van der Waals surface area contributed by atoms with Gasteiger partial charge in [0.1, 0.15) is 23.7 Å². The minimum Gasteiger partial charge on any atom is -0.446 e. The van der Waals surface area contributed by atoms with Gasteiger partial charge in [-0.05, 0) is 80.5 Å². The van der Waals surface area contributed by atoms with E-state index in [1.165, 1.54) is 27.0 Å². The molecule has 292 valence electrons. The average Bonchev–Trinajstić information content (AvgIpc) is 3.67. The van der Waals surface area contributed by atoms with Crippen molar-refractivity contribution in [2.24, 2.45) is 11.8 Å². The minimum atomic E-state index is -3.91. The average molecular weight is 784 g/mol. The molecule has 2 saturated heterocycles. The van der Waals surface area contributed by atoms with Gasteiger partial charge in [-0.3, -0.25) is 23.9 Å². The second kappa shape index (κ2) is 15.1. The van der Waals surface area contributed by atoms with Gasteiger partial charge in [0.05, 0.1) is 28.7 Å². The molecule has 2 aromatic heterocycles. The van der Waals surface area contributed by atoms with E-state index >= 15 is 0 Å². The fourth-order valence-corrected chi connectivity index (χ4v) is 10.1. The molecule has 0 bridgehead atoms. The number of hydrogen-bond donors (Lipinski definition) is 3. The van der Waals surface area contributed by atoms with E-state index in [0.29, 0.717) is 18.4 Å². The molecule has 15 nitrogen and oxygen atoms in total. The summed E-state index contributed by atoms with van der Waals surface area (Å²) in [5, 5.41) is 13.3. The molecule has 4 amide bonds. The molecule has 7 rings (SSSR count). The summed E-state index contributed by atoms with van der Waals surface area (Å²) in [6.07, 6.45) is 8.63. The summed E-state index contributed by atoms with van der Waals surface area (Å²) >= 11 is 1.47. The van der Waals surface area contributed by atoms with Crippen LogP contribution in [-0.4, -0.2) is 95.5 Å². The highest BCUT2D eigenvalue weighted by Crippen LogP contribution is 2.46. The van der Waals surface area contributed by atoms with Crippen LogP contribution >= 0.6 is 11.3 Å². The van der Waals surface area contributed by atoms with Crippen LogP contribution in [0.15, 0.2) is 40.5 Å². The summed E-state index contributed by atoms with van der Waals surface area (Å²) in [5.74, 6) is -3.04. The summed E-state index contributed by atoms with van der Waals surface area (Å²) in [7, 11) is -3.91. The van der Waals surface area contributed by atoms with E-state index in [0.717, 1.165) is 62.9 Å². The lowest BCUT2D eigenvalue weighted by molar-refractivity contribution is -0.141. The number of aromatic nitrogens is 2. The van der Waals surface area contributed by atoms with E-state index in [1.54, 1.807) is 20.0 Å². The Morgan fingerprint density at radius 2 is 1.81 bits per heavy atom. The predicted octanol–water partition coefficient (Wildman–Crippen LogP) is 3.08. The molecule has 5 fully saturated rings. The molecule has 2 aromatic rings. The van der Waals surface area contributed by atoms with E-state index in [1.807, 2.05) is 16.8 Å². The summed E-state index contributed by atoms with van der Waals surface area (Å²) < 4.78 is 34.6. The first-order valence-electron chi connectivity index (χ1n) is 19.0. The van der Waals surface area contributed by atoms with Crippen LogP contribution in [0.25, 0.3) is 11.1 Å². The van der Waals surface area contributed by atoms with Crippen LogP contribution in [0.2, 0.25) is 0 Å². The topological polar surface area (TPSA) is 189 Å². The second-order valence-corrected chi connectivity index (χ2v) is 18.4.